The monoisotopic (exact) mass is 588 g/mol. The first-order valence-electron chi connectivity index (χ1n) is 13.5. The van der Waals surface area contributed by atoms with Crippen LogP contribution in [0.25, 0.3) is 0 Å². The molecule has 1 aromatic heterocycles. The standard InChI is InChI=1S/C30H35F3N4O5/c1-19(30(31,32)33)15-20-9-7-10-21-16-23(34-27(20)21)18-37-14-8-11-22(28(37)40)17-25(38)24(35-29(41)42-4)12-5-6-13-26(39)36(2)3/h6-11,13-14,19,24H,5,12,15-18H2,1-4H3,(H,35,41)/b13-6+/t19?,24-/m0/s1. The number of carbonyl (C=O) groups is 3. The van der Waals surface area contributed by atoms with Gasteiger partial charge in [-0.15, -0.1) is 0 Å². The van der Waals surface area contributed by atoms with Gasteiger partial charge in [-0.3, -0.25) is 19.4 Å². The molecule has 9 nitrogen and oxygen atoms in total. The van der Waals surface area contributed by atoms with E-state index in [4.69, 9.17) is 0 Å². The van der Waals surface area contributed by atoms with Gasteiger partial charge in [0, 0.05) is 44.4 Å². The summed E-state index contributed by atoms with van der Waals surface area (Å²) in [5, 5.41) is 2.49. The van der Waals surface area contributed by atoms with Crippen molar-refractivity contribution in [3.63, 3.8) is 0 Å². The summed E-state index contributed by atoms with van der Waals surface area (Å²) in [7, 11) is 4.39. The number of Topliss-reactive ketones (excluding diaryl/α,β-unsaturated/α-hetero) is 1. The Kier molecular flexibility index (Phi) is 10.8. The van der Waals surface area contributed by atoms with Crippen LogP contribution in [0.4, 0.5) is 23.7 Å². The number of alkyl carbamates (subject to hydrolysis) is 1. The fourth-order valence-electron chi connectivity index (χ4n) is 4.51. The zero-order valence-electron chi connectivity index (χ0n) is 24.0. The molecule has 1 aliphatic heterocycles. The molecule has 1 aromatic carbocycles. The molecular weight excluding hydrogens is 553 g/mol. The fourth-order valence-corrected chi connectivity index (χ4v) is 4.51. The van der Waals surface area contributed by atoms with E-state index in [-0.39, 0.29) is 37.3 Å². The molecule has 0 saturated heterocycles. The van der Waals surface area contributed by atoms with Crippen LogP contribution in [0.1, 0.15) is 36.5 Å². The van der Waals surface area contributed by atoms with E-state index in [1.807, 2.05) is 6.07 Å². The topological polar surface area (TPSA) is 110 Å². The number of aromatic nitrogens is 1. The number of ketones is 1. The number of para-hydroxylation sites is 1. The largest absolute Gasteiger partial charge is 0.453 e. The zero-order valence-corrected chi connectivity index (χ0v) is 24.0. The first-order valence-corrected chi connectivity index (χ1v) is 13.5. The smallest absolute Gasteiger partial charge is 0.407 e. The molecule has 1 N–H and O–H groups in total. The maximum absolute atomic E-state index is 13.3. The van der Waals surface area contributed by atoms with E-state index < -0.39 is 35.6 Å². The van der Waals surface area contributed by atoms with Crippen LogP contribution in [0.15, 0.2) is 58.5 Å². The molecule has 42 heavy (non-hydrogen) atoms. The Bertz CT molecular complexity index is 1430. The minimum atomic E-state index is -4.31. The zero-order chi connectivity index (χ0) is 31.0. The van der Waals surface area contributed by atoms with Crippen LogP contribution >= 0.6 is 0 Å². The Morgan fingerprint density at radius 2 is 1.88 bits per heavy atom. The molecule has 2 aromatic rings. The van der Waals surface area contributed by atoms with Crippen LogP contribution in [0.3, 0.4) is 0 Å². The lowest BCUT2D eigenvalue weighted by atomic mass is 9.97. The van der Waals surface area contributed by atoms with Crippen molar-refractivity contribution in [2.75, 3.05) is 21.2 Å². The van der Waals surface area contributed by atoms with Gasteiger partial charge >= 0.3 is 12.3 Å². The number of rotatable bonds is 12. The van der Waals surface area contributed by atoms with E-state index in [1.54, 1.807) is 44.6 Å². The van der Waals surface area contributed by atoms with Crippen molar-refractivity contribution in [3.8, 4) is 0 Å². The number of amides is 2. The number of nitrogens with one attached hydrogen (secondary N) is 1. The van der Waals surface area contributed by atoms with Crippen LogP contribution in [0.2, 0.25) is 0 Å². The number of likely N-dealkylation sites (N-methyl/N-ethyl adjacent to an activating group) is 1. The number of ether oxygens (including phenoxy) is 1. The molecule has 0 saturated carbocycles. The lowest BCUT2D eigenvalue weighted by Crippen LogP contribution is -2.42. The third-order valence-electron chi connectivity index (χ3n) is 6.96. The summed E-state index contributed by atoms with van der Waals surface area (Å²) in [5.74, 6) is -2.14. The number of carbonyl (C=O) groups excluding carboxylic acids is 3. The van der Waals surface area contributed by atoms with Crippen molar-refractivity contribution in [1.82, 2.24) is 14.8 Å². The van der Waals surface area contributed by atoms with Crippen molar-refractivity contribution in [3.05, 3.63) is 75.7 Å². The minimum Gasteiger partial charge on any atom is -0.453 e. The Morgan fingerprint density at radius 1 is 1.17 bits per heavy atom. The summed E-state index contributed by atoms with van der Waals surface area (Å²) in [5.41, 5.74) is 2.24. The number of benzene rings is 1. The van der Waals surface area contributed by atoms with Crippen LogP contribution in [-0.4, -0.2) is 66.4 Å². The highest BCUT2D eigenvalue weighted by Crippen LogP contribution is 2.36. The first kappa shape index (κ1) is 32.3. The SMILES string of the molecule is COC(=O)N[C@@H](CC/C=C/C(=O)N(C)C)C(=O)Cc1cccn(CC2=Nc3c(cccc3CC(C)C(F)(F)F)C2)c1=O. The number of methoxy groups -OCH3 is 1. The molecule has 1 aliphatic rings. The Balaban J connectivity index is 1.73. The van der Waals surface area contributed by atoms with E-state index in [1.165, 1.54) is 28.7 Å². The summed E-state index contributed by atoms with van der Waals surface area (Å²) < 4.78 is 45.5. The summed E-state index contributed by atoms with van der Waals surface area (Å²) >= 11 is 0. The maximum Gasteiger partial charge on any atom is 0.407 e. The molecule has 3 rings (SSSR count). The van der Waals surface area contributed by atoms with Gasteiger partial charge in [-0.2, -0.15) is 13.2 Å². The number of pyridine rings is 1. The van der Waals surface area contributed by atoms with Gasteiger partial charge < -0.3 is 19.5 Å². The third-order valence-corrected chi connectivity index (χ3v) is 6.96. The van der Waals surface area contributed by atoms with Gasteiger partial charge in [0.05, 0.1) is 31.3 Å². The lowest BCUT2D eigenvalue weighted by molar-refractivity contribution is -0.169. The molecule has 1 unspecified atom stereocenters. The number of nitrogens with zero attached hydrogens (tertiary/aromatic N) is 3. The summed E-state index contributed by atoms with van der Waals surface area (Å²) in [6.07, 6.45) is -0.100. The van der Waals surface area contributed by atoms with Gasteiger partial charge in [-0.05, 0) is 42.5 Å². The number of allylic oxidation sites excluding steroid dienone is 1. The predicted octanol–water partition coefficient (Wildman–Crippen LogP) is 4.18. The third kappa shape index (κ3) is 8.64. The number of hydrogen-bond acceptors (Lipinski definition) is 6. The van der Waals surface area contributed by atoms with Gasteiger partial charge in [-0.25, -0.2) is 4.79 Å². The molecular formula is C30H35F3N4O5. The van der Waals surface area contributed by atoms with Gasteiger partial charge in [0.1, 0.15) is 0 Å². The second kappa shape index (κ2) is 14.1. The predicted molar refractivity (Wildman–Crippen MR) is 152 cm³/mol. The van der Waals surface area contributed by atoms with Crippen LogP contribution in [-0.2, 0) is 40.1 Å². The quantitative estimate of drug-likeness (QED) is 0.374. The van der Waals surface area contributed by atoms with Crippen LogP contribution in [0.5, 0.6) is 0 Å². The van der Waals surface area contributed by atoms with Crippen molar-refractivity contribution in [2.45, 2.75) is 57.8 Å². The van der Waals surface area contributed by atoms with Gasteiger partial charge in [0.15, 0.2) is 5.78 Å². The van der Waals surface area contributed by atoms with Crippen LogP contribution < -0.4 is 10.9 Å². The molecule has 0 radical (unpaired) electrons. The lowest BCUT2D eigenvalue weighted by Gasteiger charge is -2.16. The van der Waals surface area contributed by atoms with Gasteiger partial charge in [0.25, 0.3) is 5.56 Å². The van der Waals surface area contributed by atoms with Crippen molar-refractivity contribution in [2.24, 2.45) is 10.9 Å². The molecule has 2 heterocycles. The molecule has 0 fully saturated rings. The fraction of sp³-hybridized carbons (Fsp3) is 0.433. The molecule has 2 atom stereocenters. The second-order valence-electron chi connectivity index (χ2n) is 10.4. The van der Waals surface area contributed by atoms with E-state index in [9.17, 15) is 32.3 Å². The number of halogens is 3. The molecule has 0 aliphatic carbocycles. The second-order valence-corrected chi connectivity index (χ2v) is 10.4. The highest BCUT2D eigenvalue weighted by molar-refractivity contribution is 5.94. The van der Waals surface area contributed by atoms with E-state index >= 15 is 0 Å². The van der Waals surface area contributed by atoms with Gasteiger partial charge in [0.2, 0.25) is 5.91 Å². The average Bonchev–Trinajstić information content (AvgIpc) is 3.35. The average molecular weight is 589 g/mol. The van der Waals surface area contributed by atoms with Crippen LogP contribution in [0, 0.1) is 5.92 Å². The van der Waals surface area contributed by atoms with Crippen molar-refractivity contribution >= 4 is 29.2 Å². The van der Waals surface area contributed by atoms with Gasteiger partial charge in [-0.1, -0.05) is 37.3 Å². The number of aliphatic imine (C=N–C) groups is 1. The van der Waals surface area contributed by atoms with Crippen molar-refractivity contribution in [1.29, 1.82) is 0 Å². The minimum absolute atomic E-state index is 0.109. The molecule has 0 bridgehead atoms. The Hall–Kier alpha value is -4.22. The highest BCUT2D eigenvalue weighted by atomic mass is 19.4. The first-order chi connectivity index (χ1) is 19.8. The molecule has 2 amide bonds. The number of alkyl halides is 3. The summed E-state index contributed by atoms with van der Waals surface area (Å²) in [6.45, 7) is 1.25. The van der Waals surface area contributed by atoms with E-state index in [0.29, 0.717) is 29.8 Å². The highest BCUT2D eigenvalue weighted by Gasteiger charge is 2.36. The molecule has 12 heteroatoms. The van der Waals surface area contributed by atoms with E-state index in [0.717, 1.165) is 12.5 Å². The van der Waals surface area contributed by atoms with Crippen molar-refractivity contribution < 1.29 is 32.3 Å². The van der Waals surface area contributed by atoms with E-state index in [2.05, 4.69) is 15.0 Å². The number of hydrogen-bond donors (Lipinski definition) is 1. The summed E-state index contributed by atoms with van der Waals surface area (Å²) in [6, 6.07) is 7.37. The Morgan fingerprint density at radius 3 is 2.55 bits per heavy atom. The normalized spacial score (nSPS) is 14.2. The molecule has 0 spiro atoms. The molecule has 226 valence electrons. The Labute approximate surface area is 242 Å². The number of fused-ring (bicyclic) bond motifs is 1. The maximum atomic E-state index is 13.3. The summed E-state index contributed by atoms with van der Waals surface area (Å²) in [4.78, 5) is 55.9.